The van der Waals surface area contributed by atoms with Crippen molar-refractivity contribution in [2.24, 2.45) is 0 Å². The maximum absolute atomic E-state index is 12.3. The standard InChI is InChI=1S/C20H28N4O4S/c1-14(25)29-16-11-18(26)24(13-16)15-5-6-17(21-12-15)22-7-9-23(10-8-22)19(27)28-20(2,3)4/h5-6,12,16H,7-11,13H2,1-4H3. The minimum Gasteiger partial charge on any atom is -0.444 e. The summed E-state index contributed by atoms with van der Waals surface area (Å²) < 4.78 is 5.43. The van der Waals surface area contributed by atoms with E-state index in [-0.39, 0.29) is 22.4 Å². The normalized spacial score (nSPS) is 20.2. The molecule has 0 radical (unpaired) electrons. The van der Waals surface area contributed by atoms with Crippen LogP contribution in [0.4, 0.5) is 16.3 Å². The molecule has 1 atom stereocenters. The van der Waals surface area contributed by atoms with E-state index in [0.717, 1.165) is 11.5 Å². The molecule has 1 aromatic heterocycles. The van der Waals surface area contributed by atoms with E-state index in [1.165, 1.54) is 18.7 Å². The summed E-state index contributed by atoms with van der Waals surface area (Å²) in [5.41, 5.74) is 0.248. The summed E-state index contributed by atoms with van der Waals surface area (Å²) in [4.78, 5) is 45.8. The van der Waals surface area contributed by atoms with Crippen LogP contribution in [0.15, 0.2) is 18.3 Å². The van der Waals surface area contributed by atoms with Gasteiger partial charge in [-0.05, 0) is 32.9 Å². The molecule has 2 aliphatic rings. The van der Waals surface area contributed by atoms with Crippen molar-refractivity contribution in [3.8, 4) is 0 Å². The second-order valence-electron chi connectivity index (χ2n) is 8.27. The van der Waals surface area contributed by atoms with E-state index in [1.807, 2.05) is 32.9 Å². The van der Waals surface area contributed by atoms with E-state index in [4.69, 9.17) is 4.74 Å². The predicted octanol–water partition coefficient (Wildman–Crippen LogP) is 2.52. The summed E-state index contributed by atoms with van der Waals surface area (Å²) in [6.45, 7) is 10.1. The summed E-state index contributed by atoms with van der Waals surface area (Å²) in [6.07, 6.45) is 1.79. The lowest BCUT2D eigenvalue weighted by Crippen LogP contribution is -2.50. The predicted molar refractivity (Wildman–Crippen MR) is 113 cm³/mol. The molecule has 1 unspecified atom stereocenters. The molecule has 2 fully saturated rings. The lowest BCUT2D eigenvalue weighted by molar-refractivity contribution is -0.117. The van der Waals surface area contributed by atoms with Crippen LogP contribution in [0.5, 0.6) is 0 Å². The Morgan fingerprint density at radius 3 is 2.41 bits per heavy atom. The maximum Gasteiger partial charge on any atom is 0.410 e. The smallest absolute Gasteiger partial charge is 0.410 e. The molecule has 0 aliphatic carbocycles. The first kappa shape index (κ1) is 21.4. The van der Waals surface area contributed by atoms with Gasteiger partial charge in [-0.3, -0.25) is 9.59 Å². The van der Waals surface area contributed by atoms with Gasteiger partial charge in [0.1, 0.15) is 11.4 Å². The summed E-state index contributed by atoms with van der Waals surface area (Å²) in [6, 6.07) is 3.79. The SMILES string of the molecule is CC(=O)SC1CC(=O)N(c2ccc(N3CCN(C(=O)OC(C)(C)C)CC3)nc2)C1. The number of pyridine rings is 1. The number of thioether (sulfide) groups is 1. The molecule has 8 nitrogen and oxygen atoms in total. The van der Waals surface area contributed by atoms with Crippen molar-refractivity contribution in [2.45, 2.75) is 45.0 Å². The lowest BCUT2D eigenvalue weighted by Gasteiger charge is -2.36. The quantitative estimate of drug-likeness (QED) is 0.743. The highest BCUT2D eigenvalue weighted by molar-refractivity contribution is 8.14. The van der Waals surface area contributed by atoms with Crippen molar-refractivity contribution >= 4 is 40.4 Å². The number of anilines is 2. The Kier molecular flexibility index (Phi) is 6.36. The van der Waals surface area contributed by atoms with Gasteiger partial charge in [-0.1, -0.05) is 11.8 Å². The summed E-state index contributed by atoms with van der Waals surface area (Å²) in [7, 11) is 0. The zero-order chi connectivity index (χ0) is 21.2. The molecule has 158 valence electrons. The number of ether oxygens (including phenoxy) is 1. The Morgan fingerprint density at radius 2 is 1.86 bits per heavy atom. The molecule has 29 heavy (non-hydrogen) atoms. The molecule has 9 heteroatoms. The third kappa shape index (κ3) is 5.62. The van der Waals surface area contributed by atoms with Crippen LogP contribution in [-0.2, 0) is 14.3 Å². The molecule has 0 bridgehead atoms. The molecule has 0 spiro atoms. The van der Waals surface area contributed by atoms with Gasteiger partial charge in [0.2, 0.25) is 5.91 Å². The molecule has 2 aliphatic heterocycles. The monoisotopic (exact) mass is 420 g/mol. The second-order valence-corrected chi connectivity index (χ2v) is 9.75. The van der Waals surface area contributed by atoms with Crippen molar-refractivity contribution in [1.29, 1.82) is 0 Å². The molecule has 3 rings (SSSR count). The first-order chi connectivity index (χ1) is 13.6. The second kappa shape index (κ2) is 8.61. The average molecular weight is 421 g/mol. The van der Waals surface area contributed by atoms with Gasteiger partial charge in [-0.15, -0.1) is 0 Å². The minimum atomic E-state index is -0.499. The molecular formula is C20H28N4O4S. The molecule has 0 N–H and O–H groups in total. The van der Waals surface area contributed by atoms with Crippen LogP contribution in [0, 0.1) is 0 Å². The van der Waals surface area contributed by atoms with E-state index < -0.39 is 5.60 Å². The maximum atomic E-state index is 12.3. The van der Waals surface area contributed by atoms with Crippen molar-refractivity contribution in [2.75, 3.05) is 42.5 Å². The van der Waals surface area contributed by atoms with Gasteiger partial charge in [-0.25, -0.2) is 9.78 Å². The summed E-state index contributed by atoms with van der Waals surface area (Å²) in [5, 5.41) is 0.0317. The first-order valence-corrected chi connectivity index (χ1v) is 10.7. The molecule has 0 saturated carbocycles. The summed E-state index contributed by atoms with van der Waals surface area (Å²) in [5.74, 6) is 0.836. The number of amides is 2. The number of aromatic nitrogens is 1. The Bertz CT molecular complexity index is 770. The number of piperazine rings is 1. The number of carbonyl (C=O) groups is 3. The number of hydrogen-bond acceptors (Lipinski definition) is 7. The van der Waals surface area contributed by atoms with E-state index >= 15 is 0 Å². The van der Waals surface area contributed by atoms with Crippen molar-refractivity contribution < 1.29 is 19.1 Å². The van der Waals surface area contributed by atoms with Gasteiger partial charge in [0.15, 0.2) is 5.12 Å². The van der Waals surface area contributed by atoms with E-state index in [9.17, 15) is 14.4 Å². The van der Waals surface area contributed by atoms with E-state index in [2.05, 4.69) is 9.88 Å². The third-order valence-electron chi connectivity index (χ3n) is 4.72. The van der Waals surface area contributed by atoms with Crippen LogP contribution in [-0.4, -0.2) is 70.6 Å². The van der Waals surface area contributed by atoms with Crippen LogP contribution < -0.4 is 9.80 Å². The zero-order valence-corrected chi connectivity index (χ0v) is 18.2. The van der Waals surface area contributed by atoms with Gasteiger partial charge in [-0.2, -0.15) is 0 Å². The highest BCUT2D eigenvalue weighted by Crippen LogP contribution is 2.29. The number of nitrogens with zero attached hydrogens (tertiary/aromatic N) is 4. The average Bonchev–Trinajstić information content (AvgIpc) is 3.00. The zero-order valence-electron chi connectivity index (χ0n) is 17.4. The van der Waals surface area contributed by atoms with Gasteiger partial charge >= 0.3 is 6.09 Å². The highest BCUT2D eigenvalue weighted by atomic mass is 32.2. The van der Waals surface area contributed by atoms with Crippen LogP contribution in [0.3, 0.4) is 0 Å². The number of rotatable bonds is 3. The fraction of sp³-hybridized carbons (Fsp3) is 0.600. The van der Waals surface area contributed by atoms with Crippen LogP contribution in [0.1, 0.15) is 34.1 Å². The van der Waals surface area contributed by atoms with Crippen molar-refractivity contribution in [1.82, 2.24) is 9.88 Å². The number of carbonyl (C=O) groups excluding carboxylic acids is 3. The van der Waals surface area contributed by atoms with E-state index in [1.54, 1.807) is 16.0 Å². The lowest BCUT2D eigenvalue weighted by atomic mass is 10.2. The Balaban J connectivity index is 1.56. The van der Waals surface area contributed by atoms with Crippen LogP contribution >= 0.6 is 11.8 Å². The first-order valence-electron chi connectivity index (χ1n) is 9.79. The fourth-order valence-corrected chi connectivity index (χ4v) is 4.33. The topological polar surface area (TPSA) is 83.1 Å². The van der Waals surface area contributed by atoms with Crippen LogP contribution in [0.2, 0.25) is 0 Å². The third-order valence-corrected chi connectivity index (χ3v) is 5.70. The largest absolute Gasteiger partial charge is 0.444 e. The van der Waals surface area contributed by atoms with Gasteiger partial charge in [0, 0.05) is 51.3 Å². The Hall–Kier alpha value is -2.29. The van der Waals surface area contributed by atoms with Gasteiger partial charge < -0.3 is 19.4 Å². The molecule has 2 saturated heterocycles. The van der Waals surface area contributed by atoms with Crippen molar-refractivity contribution in [3.05, 3.63) is 18.3 Å². The molecule has 2 amide bonds. The molecular weight excluding hydrogens is 392 g/mol. The molecule has 1 aromatic rings. The molecule has 0 aromatic carbocycles. The van der Waals surface area contributed by atoms with Gasteiger partial charge in [0.05, 0.1) is 11.9 Å². The molecule has 3 heterocycles. The highest BCUT2D eigenvalue weighted by Gasteiger charge is 2.32. The van der Waals surface area contributed by atoms with Gasteiger partial charge in [0.25, 0.3) is 0 Å². The number of hydrogen-bond donors (Lipinski definition) is 0. The van der Waals surface area contributed by atoms with Crippen molar-refractivity contribution in [3.63, 3.8) is 0 Å². The fourth-order valence-electron chi connectivity index (χ4n) is 3.41. The van der Waals surface area contributed by atoms with E-state index in [0.29, 0.717) is 39.1 Å². The summed E-state index contributed by atoms with van der Waals surface area (Å²) >= 11 is 1.22. The Labute approximate surface area is 175 Å². The van der Waals surface area contributed by atoms with Crippen LogP contribution in [0.25, 0.3) is 0 Å². The minimum absolute atomic E-state index is 0.000563. The Morgan fingerprint density at radius 1 is 1.17 bits per heavy atom.